The van der Waals surface area contributed by atoms with Gasteiger partial charge >= 0.3 is 5.69 Å². The molecule has 0 saturated carbocycles. The third-order valence-electron chi connectivity index (χ3n) is 3.51. The molecular formula is C15H15BrN2O3S2. The summed E-state index contributed by atoms with van der Waals surface area (Å²) in [7, 11) is -3.18. The first kappa shape index (κ1) is 16.5. The number of aromatic amines is 1. The van der Waals surface area contributed by atoms with Crippen molar-refractivity contribution in [2.75, 3.05) is 5.75 Å². The molecule has 23 heavy (non-hydrogen) atoms. The fourth-order valence-corrected chi connectivity index (χ4v) is 5.79. The lowest BCUT2D eigenvalue weighted by Gasteiger charge is -2.05. The van der Waals surface area contributed by atoms with Crippen molar-refractivity contribution in [3.63, 3.8) is 0 Å². The summed E-state index contributed by atoms with van der Waals surface area (Å²) in [5.74, 6) is 0.112. The van der Waals surface area contributed by atoms with Crippen molar-refractivity contribution in [2.45, 2.75) is 18.7 Å². The Bertz CT molecular complexity index is 985. The normalized spacial score (nSPS) is 12.0. The fourth-order valence-electron chi connectivity index (χ4n) is 2.49. The van der Waals surface area contributed by atoms with Gasteiger partial charge in [0, 0.05) is 11.4 Å². The van der Waals surface area contributed by atoms with E-state index in [1.807, 2.05) is 36.4 Å². The van der Waals surface area contributed by atoms with Crippen LogP contribution in [0.5, 0.6) is 0 Å². The van der Waals surface area contributed by atoms with E-state index >= 15 is 0 Å². The first-order valence-electron chi connectivity index (χ1n) is 7.07. The van der Waals surface area contributed by atoms with Crippen LogP contribution in [0, 0.1) is 0 Å². The molecule has 0 unspecified atom stereocenters. The van der Waals surface area contributed by atoms with Crippen molar-refractivity contribution in [1.82, 2.24) is 9.55 Å². The summed E-state index contributed by atoms with van der Waals surface area (Å²) < 4.78 is 26.9. The molecule has 0 spiro atoms. The number of sulfone groups is 1. The van der Waals surface area contributed by atoms with Gasteiger partial charge in [-0.25, -0.2) is 13.2 Å². The predicted molar refractivity (Wildman–Crippen MR) is 96.7 cm³/mol. The number of para-hydroxylation sites is 2. The van der Waals surface area contributed by atoms with E-state index in [-0.39, 0.29) is 17.2 Å². The molecule has 5 nitrogen and oxygen atoms in total. The second-order valence-electron chi connectivity index (χ2n) is 5.25. The number of benzene rings is 1. The fraction of sp³-hybridized carbons (Fsp3) is 0.267. The van der Waals surface area contributed by atoms with Gasteiger partial charge in [-0.2, -0.15) is 0 Å². The number of rotatable bonds is 6. The molecule has 3 rings (SSSR count). The van der Waals surface area contributed by atoms with Crippen molar-refractivity contribution in [3.05, 3.63) is 55.5 Å². The smallest absolute Gasteiger partial charge is 0.306 e. The van der Waals surface area contributed by atoms with Crippen LogP contribution in [0.4, 0.5) is 0 Å². The second-order valence-corrected chi connectivity index (χ2v) is 9.98. The molecule has 122 valence electrons. The van der Waals surface area contributed by atoms with Crippen LogP contribution in [0.25, 0.3) is 11.0 Å². The summed E-state index contributed by atoms with van der Waals surface area (Å²) in [6.45, 7) is 0.385. The average molecular weight is 415 g/mol. The minimum atomic E-state index is -3.18. The molecule has 0 aliphatic rings. The van der Waals surface area contributed by atoms with E-state index < -0.39 is 9.84 Å². The van der Waals surface area contributed by atoms with Crippen LogP contribution in [0.3, 0.4) is 0 Å². The highest BCUT2D eigenvalue weighted by Gasteiger charge is 2.14. The van der Waals surface area contributed by atoms with Crippen molar-refractivity contribution >= 4 is 48.1 Å². The van der Waals surface area contributed by atoms with Crippen LogP contribution < -0.4 is 5.69 Å². The topological polar surface area (TPSA) is 71.9 Å². The molecule has 0 bridgehead atoms. The van der Waals surface area contributed by atoms with Crippen molar-refractivity contribution in [3.8, 4) is 0 Å². The third kappa shape index (κ3) is 3.94. The van der Waals surface area contributed by atoms with Gasteiger partial charge in [-0.3, -0.25) is 4.57 Å². The maximum atomic E-state index is 12.2. The van der Waals surface area contributed by atoms with Gasteiger partial charge in [0.25, 0.3) is 0 Å². The number of fused-ring (bicyclic) bond motifs is 1. The number of hydrogen-bond acceptors (Lipinski definition) is 4. The molecule has 0 aliphatic heterocycles. The van der Waals surface area contributed by atoms with Crippen LogP contribution in [-0.4, -0.2) is 23.7 Å². The number of H-pyrrole nitrogens is 1. The quantitative estimate of drug-likeness (QED) is 0.672. The van der Waals surface area contributed by atoms with Gasteiger partial charge in [-0.15, -0.1) is 11.3 Å². The number of halogens is 1. The number of nitrogens with zero attached hydrogens (tertiary/aromatic N) is 1. The van der Waals surface area contributed by atoms with E-state index in [0.717, 1.165) is 19.7 Å². The van der Waals surface area contributed by atoms with Crippen LogP contribution in [0.1, 0.15) is 11.3 Å². The largest absolute Gasteiger partial charge is 0.326 e. The Kier molecular flexibility index (Phi) is 4.74. The summed E-state index contributed by atoms with van der Waals surface area (Å²) >= 11 is 4.76. The second kappa shape index (κ2) is 6.62. The number of imidazole rings is 1. The van der Waals surface area contributed by atoms with Gasteiger partial charge in [-0.05, 0) is 46.6 Å². The maximum absolute atomic E-state index is 12.2. The van der Waals surface area contributed by atoms with Crippen molar-refractivity contribution < 1.29 is 8.42 Å². The van der Waals surface area contributed by atoms with Crippen LogP contribution in [0.15, 0.2) is 45.0 Å². The summed E-state index contributed by atoms with van der Waals surface area (Å²) in [4.78, 5) is 15.5. The first-order chi connectivity index (χ1) is 10.9. The zero-order valence-corrected chi connectivity index (χ0v) is 15.4. The number of hydrogen-bond donors (Lipinski definition) is 1. The molecule has 0 fully saturated rings. The molecule has 8 heteroatoms. The van der Waals surface area contributed by atoms with Gasteiger partial charge in [0.1, 0.15) is 0 Å². The maximum Gasteiger partial charge on any atom is 0.326 e. The van der Waals surface area contributed by atoms with E-state index in [9.17, 15) is 13.2 Å². The number of nitrogens with one attached hydrogen (secondary N) is 1. The molecule has 1 N–H and O–H groups in total. The summed E-state index contributed by atoms with van der Waals surface area (Å²) in [6.07, 6.45) is 0.413. The van der Waals surface area contributed by atoms with Crippen LogP contribution >= 0.6 is 27.3 Å². The molecule has 3 aromatic rings. The highest BCUT2D eigenvalue weighted by Crippen LogP contribution is 2.24. The van der Waals surface area contributed by atoms with E-state index in [1.165, 1.54) is 11.3 Å². The zero-order valence-electron chi connectivity index (χ0n) is 12.2. The van der Waals surface area contributed by atoms with Crippen LogP contribution in [0.2, 0.25) is 0 Å². The Hall–Kier alpha value is -1.38. The van der Waals surface area contributed by atoms with Gasteiger partial charge in [-0.1, -0.05) is 12.1 Å². The summed E-state index contributed by atoms with van der Waals surface area (Å²) in [6, 6.07) is 11.1. The molecular weight excluding hydrogens is 400 g/mol. The molecule has 1 aromatic carbocycles. The Balaban J connectivity index is 1.66. The molecule has 2 aromatic heterocycles. The SMILES string of the molecule is O=c1[nH]c2ccccc2n1CCCS(=O)(=O)Cc1ccc(Br)s1. The van der Waals surface area contributed by atoms with Gasteiger partial charge in [0.15, 0.2) is 9.84 Å². The number of aryl methyl sites for hydroxylation is 1. The zero-order chi connectivity index (χ0) is 16.4. The predicted octanol–water partition coefficient (Wildman–Crippen LogP) is 3.16. The molecule has 2 heterocycles. The Labute approximate surface area is 146 Å². The van der Waals surface area contributed by atoms with Gasteiger partial charge in [0.05, 0.1) is 26.3 Å². The highest BCUT2D eigenvalue weighted by atomic mass is 79.9. The van der Waals surface area contributed by atoms with Crippen LogP contribution in [-0.2, 0) is 22.1 Å². The minimum absolute atomic E-state index is 0.0477. The lowest BCUT2D eigenvalue weighted by molar-refractivity contribution is 0.585. The minimum Gasteiger partial charge on any atom is -0.306 e. The molecule has 0 atom stereocenters. The molecule has 0 radical (unpaired) electrons. The standard InChI is InChI=1S/C15H15BrN2O3S2/c16-14-7-6-11(22-14)10-23(20,21)9-3-8-18-13-5-2-1-4-12(13)17-15(18)19/h1-2,4-7H,3,8-10H2,(H,17,19). The lowest BCUT2D eigenvalue weighted by Crippen LogP contribution is -2.19. The van der Waals surface area contributed by atoms with Gasteiger partial charge in [0.2, 0.25) is 0 Å². The Morgan fingerprint density at radius 1 is 1.17 bits per heavy atom. The monoisotopic (exact) mass is 414 g/mol. The third-order valence-corrected chi connectivity index (χ3v) is 6.98. The van der Waals surface area contributed by atoms with E-state index in [0.29, 0.717) is 13.0 Å². The lowest BCUT2D eigenvalue weighted by atomic mass is 10.3. The van der Waals surface area contributed by atoms with Gasteiger partial charge < -0.3 is 4.98 Å². The number of aromatic nitrogens is 2. The van der Waals surface area contributed by atoms with E-state index in [1.54, 1.807) is 4.57 Å². The Morgan fingerprint density at radius 2 is 1.96 bits per heavy atom. The van der Waals surface area contributed by atoms with Crippen molar-refractivity contribution in [1.29, 1.82) is 0 Å². The summed E-state index contributed by atoms with van der Waals surface area (Å²) in [5.41, 5.74) is 1.37. The average Bonchev–Trinajstić information content (AvgIpc) is 3.02. The highest BCUT2D eigenvalue weighted by molar-refractivity contribution is 9.11. The van der Waals surface area contributed by atoms with E-state index in [4.69, 9.17) is 0 Å². The van der Waals surface area contributed by atoms with E-state index in [2.05, 4.69) is 20.9 Å². The Morgan fingerprint density at radius 3 is 2.70 bits per heavy atom. The first-order valence-corrected chi connectivity index (χ1v) is 10.5. The van der Waals surface area contributed by atoms with Crippen molar-refractivity contribution in [2.24, 2.45) is 0 Å². The summed E-state index contributed by atoms with van der Waals surface area (Å²) in [5, 5.41) is 0. The molecule has 0 saturated heterocycles. The molecule has 0 aliphatic carbocycles. The number of thiophene rings is 1. The molecule has 0 amide bonds.